The number of benzene rings is 2. The molecule has 0 aliphatic heterocycles. The molecule has 2 N–H and O–H groups in total. The van der Waals surface area contributed by atoms with Crippen LogP contribution >= 0.6 is 0 Å². The molecule has 2 amide bonds. The molecule has 0 spiro atoms. The van der Waals surface area contributed by atoms with Gasteiger partial charge in [0.2, 0.25) is 0 Å². The summed E-state index contributed by atoms with van der Waals surface area (Å²) in [5.41, 5.74) is 6.33. The van der Waals surface area contributed by atoms with Crippen LogP contribution in [0.4, 0.5) is 10.5 Å². The third-order valence-electron chi connectivity index (χ3n) is 2.81. The van der Waals surface area contributed by atoms with E-state index in [1.54, 1.807) is 6.21 Å². The summed E-state index contributed by atoms with van der Waals surface area (Å²) >= 11 is 0. The van der Waals surface area contributed by atoms with Crippen LogP contribution in [0.3, 0.4) is 0 Å². The molecule has 0 aromatic heterocycles. The van der Waals surface area contributed by atoms with Gasteiger partial charge in [0.05, 0.1) is 6.21 Å². The van der Waals surface area contributed by atoms with Crippen molar-refractivity contribution >= 4 is 17.9 Å². The molecule has 0 bridgehead atoms. The van der Waals surface area contributed by atoms with E-state index in [0.29, 0.717) is 0 Å². The number of hydrogen-bond acceptors (Lipinski definition) is 2. The number of anilines is 1. The van der Waals surface area contributed by atoms with Crippen molar-refractivity contribution in [2.75, 3.05) is 5.32 Å². The molecule has 0 aliphatic rings. The molecule has 2 aromatic rings. The van der Waals surface area contributed by atoms with Gasteiger partial charge >= 0.3 is 6.03 Å². The lowest BCUT2D eigenvalue weighted by atomic mass is 10.1. The maximum atomic E-state index is 11.7. The number of amides is 2. The fourth-order valence-electron chi connectivity index (χ4n) is 1.81. The molecular weight excluding hydrogens is 250 g/mol. The van der Waals surface area contributed by atoms with Gasteiger partial charge in [0.1, 0.15) is 0 Å². The molecule has 0 aliphatic carbocycles. The van der Waals surface area contributed by atoms with E-state index in [-0.39, 0.29) is 6.03 Å². The number of nitrogens with zero attached hydrogens (tertiary/aromatic N) is 1. The van der Waals surface area contributed by atoms with Gasteiger partial charge in [-0.15, -0.1) is 0 Å². The van der Waals surface area contributed by atoms with E-state index < -0.39 is 0 Å². The first-order valence-corrected chi connectivity index (χ1v) is 6.37. The summed E-state index contributed by atoms with van der Waals surface area (Å²) in [5, 5.41) is 6.66. The van der Waals surface area contributed by atoms with Crippen molar-refractivity contribution in [2.24, 2.45) is 5.10 Å². The van der Waals surface area contributed by atoms with Gasteiger partial charge in [-0.25, -0.2) is 10.2 Å². The van der Waals surface area contributed by atoms with E-state index in [2.05, 4.69) is 15.8 Å². The Kier molecular flexibility index (Phi) is 4.50. The van der Waals surface area contributed by atoms with E-state index >= 15 is 0 Å². The van der Waals surface area contributed by atoms with E-state index in [1.807, 2.05) is 62.4 Å². The van der Waals surface area contributed by atoms with Crippen molar-refractivity contribution < 1.29 is 4.79 Å². The first-order valence-electron chi connectivity index (χ1n) is 6.37. The average molecular weight is 267 g/mol. The lowest BCUT2D eigenvalue weighted by Crippen LogP contribution is -2.24. The highest BCUT2D eigenvalue weighted by Gasteiger charge is 2.02. The first-order chi connectivity index (χ1) is 9.65. The smallest absolute Gasteiger partial charge is 0.306 e. The van der Waals surface area contributed by atoms with Crippen LogP contribution in [0.15, 0.2) is 53.6 Å². The fourth-order valence-corrected chi connectivity index (χ4v) is 1.81. The van der Waals surface area contributed by atoms with Crippen molar-refractivity contribution in [1.82, 2.24) is 5.43 Å². The second-order valence-corrected chi connectivity index (χ2v) is 4.55. The van der Waals surface area contributed by atoms with Crippen LogP contribution in [0.5, 0.6) is 0 Å². The maximum Gasteiger partial charge on any atom is 0.339 e. The summed E-state index contributed by atoms with van der Waals surface area (Å²) in [4.78, 5) is 11.7. The second kappa shape index (κ2) is 6.52. The lowest BCUT2D eigenvalue weighted by Gasteiger charge is -2.08. The Balaban J connectivity index is 1.91. The Labute approximate surface area is 118 Å². The van der Waals surface area contributed by atoms with Crippen molar-refractivity contribution in [2.45, 2.75) is 13.8 Å². The molecule has 4 heteroatoms. The van der Waals surface area contributed by atoms with Gasteiger partial charge in [-0.2, -0.15) is 5.10 Å². The summed E-state index contributed by atoms with van der Waals surface area (Å²) in [6.07, 6.45) is 1.60. The van der Waals surface area contributed by atoms with Crippen molar-refractivity contribution in [3.63, 3.8) is 0 Å². The summed E-state index contributed by atoms with van der Waals surface area (Å²) in [5.74, 6) is 0. The molecule has 0 heterocycles. The Bertz CT molecular complexity index is 621. The summed E-state index contributed by atoms with van der Waals surface area (Å²) < 4.78 is 0. The number of carbonyl (C=O) groups excluding carboxylic acids is 1. The van der Waals surface area contributed by atoms with Gasteiger partial charge in [0.15, 0.2) is 0 Å². The van der Waals surface area contributed by atoms with Gasteiger partial charge in [-0.05, 0) is 31.0 Å². The second-order valence-electron chi connectivity index (χ2n) is 4.55. The number of urea groups is 1. The molecule has 2 rings (SSSR count). The van der Waals surface area contributed by atoms with Crippen LogP contribution in [0.2, 0.25) is 0 Å². The minimum absolute atomic E-state index is 0.357. The normalized spacial score (nSPS) is 10.5. The van der Waals surface area contributed by atoms with E-state index in [0.717, 1.165) is 22.4 Å². The summed E-state index contributed by atoms with van der Waals surface area (Å²) in [6.45, 7) is 3.97. The summed E-state index contributed by atoms with van der Waals surface area (Å²) in [6, 6.07) is 15.1. The summed E-state index contributed by atoms with van der Waals surface area (Å²) in [7, 11) is 0. The molecule has 102 valence electrons. The van der Waals surface area contributed by atoms with Crippen molar-refractivity contribution in [3.8, 4) is 0 Å². The largest absolute Gasteiger partial charge is 0.339 e. The average Bonchev–Trinajstić information content (AvgIpc) is 2.43. The number of hydrogen-bond donors (Lipinski definition) is 2. The van der Waals surface area contributed by atoms with Crippen LogP contribution in [-0.2, 0) is 0 Å². The van der Waals surface area contributed by atoms with Crippen molar-refractivity contribution in [1.29, 1.82) is 0 Å². The topological polar surface area (TPSA) is 53.5 Å². The zero-order valence-electron chi connectivity index (χ0n) is 11.6. The molecule has 0 radical (unpaired) electrons. The van der Waals surface area contributed by atoms with Crippen LogP contribution in [-0.4, -0.2) is 12.2 Å². The number of hydrazone groups is 1. The third-order valence-corrected chi connectivity index (χ3v) is 2.81. The Morgan fingerprint density at radius 1 is 1.10 bits per heavy atom. The minimum Gasteiger partial charge on any atom is -0.306 e. The van der Waals surface area contributed by atoms with Crippen LogP contribution in [0.25, 0.3) is 0 Å². The molecule has 0 atom stereocenters. The minimum atomic E-state index is -0.357. The molecule has 2 aromatic carbocycles. The predicted molar refractivity (Wildman–Crippen MR) is 82.1 cm³/mol. The monoisotopic (exact) mass is 267 g/mol. The van der Waals surface area contributed by atoms with Gasteiger partial charge < -0.3 is 5.32 Å². The van der Waals surface area contributed by atoms with Crippen LogP contribution in [0.1, 0.15) is 16.7 Å². The highest BCUT2D eigenvalue weighted by molar-refractivity contribution is 5.91. The fraction of sp³-hybridized carbons (Fsp3) is 0.125. The zero-order chi connectivity index (χ0) is 14.4. The van der Waals surface area contributed by atoms with Crippen molar-refractivity contribution in [3.05, 3.63) is 65.2 Å². The SMILES string of the molecule is Cc1ccc(NC(=O)N/N=C/c2ccccc2)c(C)c1. The Hall–Kier alpha value is -2.62. The van der Waals surface area contributed by atoms with Gasteiger partial charge in [0.25, 0.3) is 0 Å². The predicted octanol–water partition coefficient (Wildman–Crippen LogP) is 3.46. The Morgan fingerprint density at radius 3 is 2.55 bits per heavy atom. The van der Waals surface area contributed by atoms with Gasteiger partial charge in [0, 0.05) is 5.69 Å². The number of nitrogens with one attached hydrogen (secondary N) is 2. The maximum absolute atomic E-state index is 11.7. The standard InChI is InChI=1S/C16H17N3O/c1-12-8-9-15(13(2)10-12)18-16(20)19-17-11-14-6-4-3-5-7-14/h3-11H,1-2H3,(H2,18,19,20)/b17-11+. The molecule has 0 saturated carbocycles. The van der Waals surface area contributed by atoms with E-state index in [4.69, 9.17) is 0 Å². The van der Waals surface area contributed by atoms with Gasteiger partial charge in [-0.1, -0.05) is 48.0 Å². The number of aryl methyl sites for hydroxylation is 2. The van der Waals surface area contributed by atoms with Crippen LogP contribution < -0.4 is 10.7 Å². The molecule has 0 fully saturated rings. The quantitative estimate of drug-likeness (QED) is 0.649. The molecule has 0 saturated heterocycles. The zero-order valence-corrected chi connectivity index (χ0v) is 11.6. The number of carbonyl (C=O) groups is 1. The number of rotatable bonds is 3. The molecule has 0 unspecified atom stereocenters. The molecular formula is C16H17N3O. The van der Waals surface area contributed by atoms with Gasteiger partial charge in [-0.3, -0.25) is 0 Å². The lowest BCUT2D eigenvalue weighted by molar-refractivity contribution is 0.252. The van der Waals surface area contributed by atoms with E-state index in [1.165, 1.54) is 0 Å². The van der Waals surface area contributed by atoms with Crippen LogP contribution in [0, 0.1) is 13.8 Å². The molecule has 20 heavy (non-hydrogen) atoms. The van der Waals surface area contributed by atoms with E-state index in [9.17, 15) is 4.79 Å². The Morgan fingerprint density at radius 2 is 1.85 bits per heavy atom. The first kappa shape index (κ1) is 13.8. The molecule has 4 nitrogen and oxygen atoms in total. The highest BCUT2D eigenvalue weighted by Crippen LogP contribution is 2.15. The highest BCUT2D eigenvalue weighted by atomic mass is 16.2. The third kappa shape index (κ3) is 3.95.